The predicted octanol–water partition coefficient (Wildman–Crippen LogP) is 3.20. The van der Waals surface area contributed by atoms with Crippen LogP contribution in [0.5, 0.6) is 0 Å². The molecule has 0 saturated carbocycles. The SMILES string of the molecule is Cl.Clc1ccccc1C1CNCCN1Cc1cnc(N2CCOCC2)s1. The van der Waals surface area contributed by atoms with Gasteiger partial charge in [-0.2, -0.15) is 0 Å². The number of nitrogens with zero attached hydrogens (tertiary/aromatic N) is 3. The van der Waals surface area contributed by atoms with E-state index in [0.717, 1.165) is 62.6 Å². The molecule has 1 N–H and O–H groups in total. The fourth-order valence-corrected chi connectivity index (χ4v) is 4.71. The van der Waals surface area contributed by atoms with Crippen LogP contribution in [0.1, 0.15) is 16.5 Å². The van der Waals surface area contributed by atoms with Gasteiger partial charge in [-0.3, -0.25) is 4.90 Å². The second-order valence-corrected chi connectivity index (χ2v) is 7.92. The molecule has 0 amide bonds. The van der Waals surface area contributed by atoms with E-state index >= 15 is 0 Å². The Morgan fingerprint density at radius 1 is 1.23 bits per heavy atom. The first kappa shape index (κ1) is 19.9. The fraction of sp³-hybridized carbons (Fsp3) is 0.500. The first-order valence-corrected chi connectivity index (χ1v) is 9.97. The summed E-state index contributed by atoms with van der Waals surface area (Å²) in [6, 6.07) is 8.48. The topological polar surface area (TPSA) is 40.6 Å². The van der Waals surface area contributed by atoms with Crippen molar-refractivity contribution in [3.8, 4) is 0 Å². The Morgan fingerprint density at radius 3 is 2.85 bits per heavy atom. The van der Waals surface area contributed by atoms with Gasteiger partial charge in [0.25, 0.3) is 0 Å². The van der Waals surface area contributed by atoms with Crippen LogP contribution in [0.25, 0.3) is 0 Å². The van der Waals surface area contributed by atoms with Gasteiger partial charge in [0.05, 0.1) is 13.2 Å². The second-order valence-electron chi connectivity index (χ2n) is 6.42. The fourth-order valence-electron chi connectivity index (χ4n) is 3.46. The number of rotatable bonds is 4. The van der Waals surface area contributed by atoms with Gasteiger partial charge in [-0.1, -0.05) is 29.8 Å². The summed E-state index contributed by atoms with van der Waals surface area (Å²) in [5.41, 5.74) is 1.20. The molecule has 0 radical (unpaired) electrons. The number of nitrogens with one attached hydrogen (secondary N) is 1. The van der Waals surface area contributed by atoms with Crippen molar-refractivity contribution in [1.29, 1.82) is 0 Å². The van der Waals surface area contributed by atoms with Gasteiger partial charge in [-0.05, 0) is 11.6 Å². The summed E-state index contributed by atoms with van der Waals surface area (Å²) in [6.45, 7) is 7.32. The van der Waals surface area contributed by atoms with E-state index in [1.165, 1.54) is 10.4 Å². The van der Waals surface area contributed by atoms with Crippen molar-refractivity contribution < 1.29 is 4.74 Å². The van der Waals surface area contributed by atoms with Crippen LogP contribution in [0.2, 0.25) is 5.02 Å². The van der Waals surface area contributed by atoms with Gasteiger partial charge < -0.3 is 15.0 Å². The van der Waals surface area contributed by atoms with Gasteiger partial charge >= 0.3 is 0 Å². The number of hydrogen-bond donors (Lipinski definition) is 1. The number of hydrogen-bond acceptors (Lipinski definition) is 6. The molecule has 4 rings (SSSR count). The molecule has 3 heterocycles. The highest BCUT2D eigenvalue weighted by Gasteiger charge is 2.26. The number of halogens is 2. The summed E-state index contributed by atoms with van der Waals surface area (Å²) in [5.74, 6) is 0. The molecule has 2 aliphatic heterocycles. The molecule has 0 bridgehead atoms. The molecule has 8 heteroatoms. The van der Waals surface area contributed by atoms with Crippen LogP contribution in [-0.2, 0) is 11.3 Å². The number of piperazine rings is 1. The Morgan fingerprint density at radius 2 is 2.04 bits per heavy atom. The van der Waals surface area contributed by atoms with Crippen LogP contribution in [0.4, 0.5) is 5.13 Å². The number of ether oxygens (including phenoxy) is 1. The summed E-state index contributed by atoms with van der Waals surface area (Å²) < 4.78 is 5.43. The Kier molecular flexibility index (Phi) is 7.14. The molecule has 26 heavy (non-hydrogen) atoms. The zero-order chi connectivity index (χ0) is 17.1. The Labute approximate surface area is 169 Å². The summed E-state index contributed by atoms with van der Waals surface area (Å²) in [6.07, 6.45) is 2.03. The number of thiazole rings is 1. The molecular formula is C18H24Cl2N4OS. The van der Waals surface area contributed by atoms with Crippen LogP contribution in [0.3, 0.4) is 0 Å². The van der Waals surface area contributed by atoms with Crippen molar-refractivity contribution in [2.45, 2.75) is 12.6 Å². The van der Waals surface area contributed by atoms with Crippen LogP contribution >= 0.6 is 35.3 Å². The molecule has 2 saturated heterocycles. The third kappa shape index (κ3) is 4.50. The average Bonchev–Trinajstić information content (AvgIpc) is 3.12. The molecule has 2 aromatic rings. The summed E-state index contributed by atoms with van der Waals surface area (Å²) >= 11 is 8.25. The van der Waals surface area contributed by atoms with Crippen molar-refractivity contribution in [3.63, 3.8) is 0 Å². The lowest BCUT2D eigenvalue weighted by atomic mass is 10.0. The van der Waals surface area contributed by atoms with Crippen molar-refractivity contribution >= 4 is 40.5 Å². The van der Waals surface area contributed by atoms with E-state index in [-0.39, 0.29) is 12.4 Å². The van der Waals surface area contributed by atoms with Crippen molar-refractivity contribution in [2.75, 3.05) is 50.8 Å². The quantitative estimate of drug-likeness (QED) is 0.831. The highest BCUT2D eigenvalue weighted by molar-refractivity contribution is 7.15. The minimum atomic E-state index is 0. The molecule has 0 spiro atoms. The Bertz CT molecular complexity index is 708. The normalized spacial score (nSPS) is 21.4. The molecule has 1 unspecified atom stereocenters. The minimum absolute atomic E-state index is 0. The van der Waals surface area contributed by atoms with E-state index in [2.05, 4.69) is 32.2 Å². The molecule has 142 valence electrons. The van der Waals surface area contributed by atoms with Crippen molar-refractivity contribution in [2.24, 2.45) is 0 Å². The Hall–Kier alpha value is -0.890. The summed E-state index contributed by atoms with van der Waals surface area (Å²) in [7, 11) is 0. The largest absolute Gasteiger partial charge is 0.378 e. The van der Waals surface area contributed by atoms with E-state index < -0.39 is 0 Å². The number of benzene rings is 1. The van der Waals surface area contributed by atoms with Crippen molar-refractivity contribution in [1.82, 2.24) is 15.2 Å². The van der Waals surface area contributed by atoms with Crippen LogP contribution < -0.4 is 10.2 Å². The first-order chi connectivity index (χ1) is 12.3. The highest BCUT2D eigenvalue weighted by atomic mass is 35.5. The van der Waals surface area contributed by atoms with Gasteiger partial charge in [0, 0.05) is 61.4 Å². The van der Waals surface area contributed by atoms with Gasteiger partial charge in [0.15, 0.2) is 5.13 Å². The third-order valence-corrected chi connectivity index (χ3v) is 6.19. The van der Waals surface area contributed by atoms with Crippen molar-refractivity contribution in [3.05, 3.63) is 45.9 Å². The lowest BCUT2D eigenvalue weighted by Gasteiger charge is -2.36. The first-order valence-electron chi connectivity index (χ1n) is 8.78. The standard InChI is InChI=1S/C18H23ClN4OS.ClH/c19-16-4-2-1-3-15(16)17-12-20-5-6-23(17)13-14-11-21-18(25-14)22-7-9-24-10-8-22;/h1-4,11,17,20H,5-10,12-13H2;1H. The molecule has 2 aliphatic rings. The molecule has 0 aliphatic carbocycles. The highest BCUT2D eigenvalue weighted by Crippen LogP contribution is 2.31. The van der Waals surface area contributed by atoms with Gasteiger partial charge in [-0.15, -0.1) is 23.7 Å². The maximum Gasteiger partial charge on any atom is 0.185 e. The molecule has 5 nitrogen and oxygen atoms in total. The second kappa shape index (κ2) is 9.35. The minimum Gasteiger partial charge on any atom is -0.378 e. The zero-order valence-electron chi connectivity index (χ0n) is 14.6. The molecule has 1 aromatic heterocycles. The average molecular weight is 415 g/mol. The van der Waals surface area contributed by atoms with E-state index in [9.17, 15) is 0 Å². The maximum absolute atomic E-state index is 6.45. The monoisotopic (exact) mass is 414 g/mol. The number of anilines is 1. The summed E-state index contributed by atoms with van der Waals surface area (Å²) in [5, 5.41) is 5.46. The van der Waals surface area contributed by atoms with Crippen LogP contribution in [-0.4, -0.2) is 55.8 Å². The van der Waals surface area contributed by atoms with Crippen LogP contribution in [0, 0.1) is 0 Å². The molecule has 2 fully saturated rings. The van der Waals surface area contributed by atoms with E-state index in [1.807, 2.05) is 18.3 Å². The molecule has 1 atom stereocenters. The lowest BCUT2D eigenvalue weighted by Crippen LogP contribution is -2.45. The van der Waals surface area contributed by atoms with Gasteiger partial charge in [0.2, 0.25) is 0 Å². The molecule has 1 aromatic carbocycles. The van der Waals surface area contributed by atoms with E-state index in [4.69, 9.17) is 16.3 Å². The third-order valence-electron chi connectivity index (χ3n) is 4.80. The smallest absolute Gasteiger partial charge is 0.185 e. The number of aromatic nitrogens is 1. The molecular weight excluding hydrogens is 391 g/mol. The van der Waals surface area contributed by atoms with Gasteiger partial charge in [0.1, 0.15) is 0 Å². The van der Waals surface area contributed by atoms with E-state index in [0.29, 0.717) is 6.04 Å². The number of morpholine rings is 1. The van der Waals surface area contributed by atoms with E-state index in [1.54, 1.807) is 11.3 Å². The predicted molar refractivity (Wildman–Crippen MR) is 110 cm³/mol. The Balaban J connectivity index is 0.00000196. The maximum atomic E-state index is 6.45. The van der Waals surface area contributed by atoms with Crippen LogP contribution in [0.15, 0.2) is 30.5 Å². The lowest BCUT2D eigenvalue weighted by molar-refractivity contribution is 0.122. The zero-order valence-corrected chi connectivity index (χ0v) is 17.0. The summed E-state index contributed by atoms with van der Waals surface area (Å²) in [4.78, 5) is 10.8. The van der Waals surface area contributed by atoms with Gasteiger partial charge in [-0.25, -0.2) is 4.98 Å².